The number of hydrogen-bond donors (Lipinski definition) is 0. The van der Waals surface area contributed by atoms with Gasteiger partial charge < -0.3 is 14.0 Å². The molecule has 4 aromatic rings. The molecule has 0 radical (unpaired) electrons. The van der Waals surface area contributed by atoms with Crippen molar-refractivity contribution in [2.24, 2.45) is 4.99 Å². The number of thiazole rings is 1. The zero-order valence-corrected chi connectivity index (χ0v) is 18.4. The highest BCUT2D eigenvalue weighted by Gasteiger charge is 2.16. The van der Waals surface area contributed by atoms with Crippen LogP contribution in [-0.4, -0.2) is 30.7 Å². The van der Waals surface area contributed by atoms with E-state index < -0.39 is 11.9 Å². The molecular formula is C24H22N2O4S. The van der Waals surface area contributed by atoms with Gasteiger partial charge in [0.05, 0.1) is 30.0 Å². The third kappa shape index (κ3) is 4.09. The lowest BCUT2D eigenvalue weighted by Crippen LogP contribution is -2.22. The van der Waals surface area contributed by atoms with Crippen LogP contribution in [0.5, 0.6) is 5.75 Å². The summed E-state index contributed by atoms with van der Waals surface area (Å²) in [6.07, 6.45) is 0.893. The molecule has 1 aromatic heterocycles. The van der Waals surface area contributed by atoms with Crippen molar-refractivity contribution < 1.29 is 19.1 Å². The Balaban J connectivity index is 1.88. The number of aromatic nitrogens is 1. The maximum absolute atomic E-state index is 13.2. The van der Waals surface area contributed by atoms with Crippen molar-refractivity contribution in [3.8, 4) is 5.75 Å². The molecule has 1 amide bonds. The van der Waals surface area contributed by atoms with Crippen molar-refractivity contribution in [1.82, 2.24) is 4.57 Å². The highest BCUT2D eigenvalue weighted by atomic mass is 32.1. The van der Waals surface area contributed by atoms with Crippen molar-refractivity contribution in [3.05, 3.63) is 70.5 Å². The number of aryl methyl sites for hydroxylation is 1. The quantitative estimate of drug-likeness (QED) is 0.438. The molecular weight excluding hydrogens is 412 g/mol. The van der Waals surface area contributed by atoms with E-state index in [1.807, 2.05) is 42.5 Å². The van der Waals surface area contributed by atoms with Crippen LogP contribution in [0, 0.1) is 0 Å². The summed E-state index contributed by atoms with van der Waals surface area (Å²) in [7, 11) is 2.87. The van der Waals surface area contributed by atoms with Gasteiger partial charge in [-0.15, -0.1) is 0 Å². The Labute approximate surface area is 183 Å². The fourth-order valence-electron chi connectivity index (χ4n) is 3.47. The Hall–Kier alpha value is -3.45. The molecule has 4 rings (SSSR count). The number of fused-ring (bicyclic) bond motifs is 2. The third-order valence-corrected chi connectivity index (χ3v) is 6.21. The number of ether oxygens (including phenoxy) is 2. The van der Waals surface area contributed by atoms with E-state index in [9.17, 15) is 9.59 Å². The molecule has 0 aliphatic heterocycles. The van der Waals surface area contributed by atoms with Gasteiger partial charge in [0.2, 0.25) is 0 Å². The van der Waals surface area contributed by atoms with Crippen LogP contribution in [0.15, 0.2) is 59.6 Å². The Morgan fingerprint density at radius 1 is 1.03 bits per heavy atom. The van der Waals surface area contributed by atoms with Gasteiger partial charge in [-0.05, 0) is 47.0 Å². The van der Waals surface area contributed by atoms with E-state index in [1.165, 1.54) is 31.1 Å². The van der Waals surface area contributed by atoms with Gasteiger partial charge in [-0.3, -0.25) is 9.59 Å². The van der Waals surface area contributed by atoms with Crippen LogP contribution < -0.4 is 9.54 Å². The van der Waals surface area contributed by atoms with Crippen LogP contribution in [0.3, 0.4) is 0 Å². The van der Waals surface area contributed by atoms with Gasteiger partial charge in [-0.1, -0.05) is 48.6 Å². The Kier molecular flexibility index (Phi) is 5.86. The van der Waals surface area contributed by atoms with Gasteiger partial charge in [0.25, 0.3) is 5.91 Å². The molecule has 7 heteroatoms. The summed E-state index contributed by atoms with van der Waals surface area (Å²) in [6.45, 7) is 2.06. The zero-order chi connectivity index (χ0) is 22.0. The number of benzene rings is 3. The molecule has 31 heavy (non-hydrogen) atoms. The normalized spacial score (nSPS) is 11.8. The number of hydrogen-bond acceptors (Lipinski definition) is 5. The van der Waals surface area contributed by atoms with E-state index in [1.54, 1.807) is 10.6 Å². The number of methoxy groups -OCH3 is 2. The zero-order valence-electron chi connectivity index (χ0n) is 17.5. The SMILES string of the molecule is CCc1ccc2c(c1)sc(=NC(=O)c1cc3ccccc3cc1OC)n2CC(=O)OC. The second-order valence-electron chi connectivity index (χ2n) is 7.02. The second kappa shape index (κ2) is 8.73. The molecule has 0 spiro atoms. The lowest BCUT2D eigenvalue weighted by molar-refractivity contribution is -0.141. The summed E-state index contributed by atoms with van der Waals surface area (Å²) in [6, 6.07) is 17.4. The summed E-state index contributed by atoms with van der Waals surface area (Å²) in [5.74, 6) is -0.374. The molecule has 158 valence electrons. The molecule has 0 saturated heterocycles. The standard InChI is InChI=1S/C24H22N2O4S/c1-4-15-9-10-19-21(11-15)31-24(26(19)14-22(27)30-3)25-23(28)18-12-16-7-5-6-8-17(16)13-20(18)29-2/h5-13H,4,14H2,1-3H3. The van der Waals surface area contributed by atoms with E-state index in [2.05, 4.69) is 18.0 Å². The van der Waals surface area contributed by atoms with Gasteiger partial charge >= 0.3 is 5.97 Å². The first-order valence-corrected chi connectivity index (χ1v) is 10.7. The highest BCUT2D eigenvalue weighted by molar-refractivity contribution is 7.16. The molecule has 0 aliphatic rings. The highest BCUT2D eigenvalue weighted by Crippen LogP contribution is 2.27. The first-order chi connectivity index (χ1) is 15.0. The molecule has 0 bridgehead atoms. The van der Waals surface area contributed by atoms with E-state index in [4.69, 9.17) is 9.47 Å². The monoisotopic (exact) mass is 434 g/mol. The van der Waals surface area contributed by atoms with Crippen molar-refractivity contribution in [2.75, 3.05) is 14.2 Å². The maximum Gasteiger partial charge on any atom is 0.325 e. The van der Waals surface area contributed by atoms with Crippen LogP contribution in [0.25, 0.3) is 21.0 Å². The number of carbonyl (C=O) groups is 2. The van der Waals surface area contributed by atoms with Gasteiger partial charge in [-0.2, -0.15) is 4.99 Å². The summed E-state index contributed by atoms with van der Waals surface area (Å²) < 4.78 is 13.0. The van der Waals surface area contributed by atoms with Crippen LogP contribution in [-0.2, 0) is 22.5 Å². The summed E-state index contributed by atoms with van der Waals surface area (Å²) in [4.78, 5) is 30.0. The van der Waals surface area contributed by atoms with Gasteiger partial charge in [0, 0.05) is 0 Å². The molecule has 0 N–H and O–H groups in total. The molecule has 0 aliphatic carbocycles. The number of nitrogens with zero attached hydrogens (tertiary/aromatic N) is 2. The van der Waals surface area contributed by atoms with Crippen molar-refractivity contribution >= 4 is 44.2 Å². The first-order valence-electron chi connectivity index (χ1n) is 9.89. The molecule has 3 aromatic carbocycles. The van der Waals surface area contributed by atoms with Crippen LogP contribution in [0.1, 0.15) is 22.8 Å². The van der Waals surface area contributed by atoms with Crippen LogP contribution in [0.2, 0.25) is 0 Å². The average molecular weight is 435 g/mol. The Morgan fingerprint density at radius 2 is 1.77 bits per heavy atom. The lowest BCUT2D eigenvalue weighted by atomic mass is 10.1. The molecule has 0 saturated carbocycles. The van der Waals surface area contributed by atoms with Crippen molar-refractivity contribution in [3.63, 3.8) is 0 Å². The van der Waals surface area contributed by atoms with Crippen LogP contribution >= 0.6 is 11.3 Å². The largest absolute Gasteiger partial charge is 0.496 e. The van der Waals surface area contributed by atoms with Gasteiger partial charge in [0.1, 0.15) is 12.3 Å². The summed E-state index contributed by atoms with van der Waals surface area (Å²) >= 11 is 1.37. The summed E-state index contributed by atoms with van der Waals surface area (Å²) in [5, 5.41) is 1.90. The Bertz CT molecular complexity index is 1370. The van der Waals surface area contributed by atoms with Crippen LogP contribution in [0.4, 0.5) is 0 Å². The molecule has 6 nitrogen and oxygen atoms in total. The second-order valence-corrected chi connectivity index (χ2v) is 8.03. The smallest absolute Gasteiger partial charge is 0.325 e. The molecule has 0 unspecified atom stereocenters. The predicted molar refractivity (Wildman–Crippen MR) is 122 cm³/mol. The fourth-order valence-corrected chi connectivity index (χ4v) is 4.56. The number of rotatable bonds is 5. The van der Waals surface area contributed by atoms with Gasteiger partial charge in [-0.25, -0.2) is 0 Å². The third-order valence-electron chi connectivity index (χ3n) is 5.17. The Morgan fingerprint density at radius 3 is 2.45 bits per heavy atom. The van der Waals surface area contributed by atoms with Gasteiger partial charge in [0.15, 0.2) is 4.80 Å². The van der Waals surface area contributed by atoms with Crippen molar-refractivity contribution in [1.29, 1.82) is 0 Å². The molecule has 0 fully saturated rings. The average Bonchev–Trinajstić information content (AvgIpc) is 3.13. The van der Waals surface area contributed by atoms with E-state index in [-0.39, 0.29) is 6.54 Å². The minimum Gasteiger partial charge on any atom is -0.496 e. The molecule has 1 heterocycles. The predicted octanol–water partition coefficient (Wildman–Crippen LogP) is 4.34. The maximum atomic E-state index is 13.2. The minimum absolute atomic E-state index is 0.0249. The number of amides is 1. The minimum atomic E-state index is -0.427. The topological polar surface area (TPSA) is 69.9 Å². The van der Waals surface area contributed by atoms with E-state index in [0.717, 1.165) is 27.4 Å². The van der Waals surface area contributed by atoms with Crippen molar-refractivity contribution in [2.45, 2.75) is 19.9 Å². The number of carbonyl (C=O) groups excluding carboxylic acids is 2. The number of esters is 1. The van der Waals surface area contributed by atoms with E-state index >= 15 is 0 Å². The molecule has 0 atom stereocenters. The van der Waals surface area contributed by atoms with E-state index in [0.29, 0.717) is 16.1 Å². The summed E-state index contributed by atoms with van der Waals surface area (Å²) in [5.41, 5.74) is 2.38. The fraction of sp³-hybridized carbons (Fsp3) is 0.208. The first kappa shape index (κ1) is 20.8. The lowest BCUT2D eigenvalue weighted by Gasteiger charge is -2.08.